The van der Waals surface area contributed by atoms with Gasteiger partial charge in [-0.2, -0.15) is 5.10 Å². The van der Waals surface area contributed by atoms with Crippen LogP contribution in [0.4, 0.5) is 0 Å². The van der Waals surface area contributed by atoms with Crippen molar-refractivity contribution < 1.29 is 4.79 Å². The average Bonchev–Trinajstić information content (AvgIpc) is 3.12. The third-order valence-corrected chi connectivity index (χ3v) is 5.08. The number of amides is 1. The maximum Gasteiger partial charge on any atom is 0.227 e. The van der Waals surface area contributed by atoms with Crippen molar-refractivity contribution in [2.45, 2.75) is 32.6 Å². The summed E-state index contributed by atoms with van der Waals surface area (Å²) in [7, 11) is 0. The summed E-state index contributed by atoms with van der Waals surface area (Å²) in [6.07, 6.45) is 5.72. The molecule has 3 heterocycles. The fourth-order valence-corrected chi connectivity index (χ4v) is 3.70. The number of carbonyl (C=O) groups is 1. The standard InChI is InChI=1S/C16H21N3OS/c1-12-10-17-18-15(12)8-13-4-2-6-19(11-13)16(20)9-14-5-3-7-21-14/h3,5,7,10,13H,2,4,6,8-9,11H2,1H3,(H,17,18). The molecule has 0 aliphatic carbocycles. The Labute approximate surface area is 129 Å². The van der Waals surface area contributed by atoms with Crippen LogP contribution < -0.4 is 0 Å². The number of rotatable bonds is 4. The third kappa shape index (κ3) is 3.53. The zero-order chi connectivity index (χ0) is 14.7. The van der Waals surface area contributed by atoms with Crippen molar-refractivity contribution in [3.63, 3.8) is 0 Å². The van der Waals surface area contributed by atoms with E-state index in [1.807, 2.05) is 28.6 Å². The maximum atomic E-state index is 12.4. The van der Waals surface area contributed by atoms with E-state index in [1.54, 1.807) is 11.3 Å². The molecular formula is C16H21N3OS. The van der Waals surface area contributed by atoms with Gasteiger partial charge in [0.15, 0.2) is 0 Å². The first-order valence-corrected chi connectivity index (χ1v) is 8.39. The van der Waals surface area contributed by atoms with Crippen LogP contribution in [0, 0.1) is 12.8 Å². The van der Waals surface area contributed by atoms with Crippen LogP contribution in [0.3, 0.4) is 0 Å². The molecule has 0 aromatic carbocycles. The first-order chi connectivity index (χ1) is 10.2. The molecule has 4 nitrogen and oxygen atoms in total. The number of hydrogen-bond acceptors (Lipinski definition) is 3. The van der Waals surface area contributed by atoms with E-state index >= 15 is 0 Å². The summed E-state index contributed by atoms with van der Waals surface area (Å²) < 4.78 is 0. The van der Waals surface area contributed by atoms with E-state index in [4.69, 9.17) is 0 Å². The lowest BCUT2D eigenvalue weighted by molar-refractivity contribution is -0.132. The number of carbonyl (C=O) groups excluding carboxylic acids is 1. The summed E-state index contributed by atoms with van der Waals surface area (Å²) in [5.74, 6) is 0.814. The molecule has 21 heavy (non-hydrogen) atoms. The first-order valence-electron chi connectivity index (χ1n) is 7.51. The average molecular weight is 303 g/mol. The fraction of sp³-hybridized carbons (Fsp3) is 0.500. The molecule has 1 N–H and O–H groups in total. The molecule has 0 radical (unpaired) electrons. The van der Waals surface area contributed by atoms with Gasteiger partial charge in [0.25, 0.3) is 0 Å². The van der Waals surface area contributed by atoms with Crippen LogP contribution in [0.15, 0.2) is 23.7 Å². The number of aromatic nitrogens is 2. The molecule has 1 unspecified atom stereocenters. The number of nitrogens with zero attached hydrogens (tertiary/aromatic N) is 2. The van der Waals surface area contributed by atoms with Gasteiger partial charge in [0.1, 0.15) is 0 Å². The Hall–Kier alpha value is -1.62. The molecule has 0 saturated carbocycles. The van der Waals surface area contributed by atoms with Crippen LogP contribution in [0.1, 0.15) is 29.0 Å². The Bertz CT molecular complexity index is 590. The Morgan fingerprint density at radius 3 is 3.19 bits per heavy atom. The summed E-state index contributed by atoms with van der Waals surface area (Å²) in [6, 6.07) is 4.05. The van der Waals surface area contributed by atoms with Gasteiger partial charge in [0.05, 0.1) is 12.6 Å². The lowest BCUT2D eigenvalue weighted by atomic mass is 9.92. The highest BCUT2D eigenvalue weighted by atomic mass is 32.1. The van der Waals surface area contributed by atoms with Crippen LogP contribution in [0.5, 0.6) is 0 Å². The minimum absolute atomic E-state index is 0.267. The molecule has 1 aliphatic heterocycles. The van der Waals surface area contributed by atoms with E-state index < -0.39 is 0 Å². The van der Waals surface area contributed by atoms with E-state index in [2.05, 4.69) is 17.1 Å². The number of aryl methyl sites for hydroxylation is 1. The van der Waals surface area contributed by atoms with Crippen molar-refractivity contribution in [1.29, 1.82) is 0 Å². The predicted molar refractivity (Wildman–Crippen MR) is 84.4 cm³/mol. The lowest BCUT2D eigenvalue weighted by Gasteiger charge is -2.32. The zero-order valence-corrected chi connectivity index (χ0v) is 13.2. The highest BCUT2D eigenvalue weighted by molar-refractivity contribution is 7.10. The molecular weight excluding hydrogens is 282 g/mol. The molecule has 1 amide bonds. The highest BCUT2D eigenvalue weighted by Gasteiger charge is 2.24. The van der Waals surface area contributed by atoms with Gasteiger partial charge in [0, 0.05) is 23.7 Å². The van der Waals surface area contributed by atoms with Gasteiger partial charge in [-0.05, 0) is 49.1 Å². The Kier molecular flexibility index (Phi) is 4.39. The predicted octanol–water partition coefficient (Wildman–Crippen LogP) is 2.80. The molecule has 1 aliphatic rings. The van der Waals surface area contributed by atoms with Gasteiger partial charge in [-0.3, -0.25) is 9.89 Å². The Morgan fingerprint density at radius 1 is 1.57 bits per heavy atom. The lowest BCUT2D eigenvalue weighted by Crippen LogP contribution is -2.41. The quantitative estimate of drug-likeness (QED) is 0.944. The minimum Gasteiger partial charge on any atom is -0.342 e. The van der Waals surface area contributed by atoms with E-state index in [0.717, 1.165) is 30.8 Å². The van der Waals surface area contributed by atoms with E-state index in [1.165, 1.54) is 17.7 Å². The second-order valence-corrected chi connectivity index (χ2v) is 6.87. The SMILES string of the molecule is Cc1cn[nH]c1CC1CCCN(C(=O)Cc2cccs2)C1. The van der Waals surface area contributed by atoms with Gasteiger partial charge in [-0.25, -0.2) is 0 Å². The van der Waals surface area contributed by atoms with Crippen LogP contribution in [-0.4, -0.2) is 34.1 Å². The van der Waals surface area contributed by atoms with Gasteiger partial charge in [-0.1, -0.05) is 6.07 Å². The Balaban J connectivity index is 1.57. The molecule has 5 heteroatoms. The Morgan fingerprint density at radius 2 is 2.48 bits per heavy atom. The van der Waals surface area contributed by atoms with Crippen molar-refractivity contribution in [2.24, 2.45) is 5.92 Å². The summed E-state index contributed by atoms with van der Waals surface area (Å²) in [6.45, 7) is 3.87. The molecule has 2 aromatic rings. The van der Waals surface area contributed by atoms with Crippen molar-refractivity contribution in [3.05, 3.63) is 39.8 Å². The molecule has 1 saturated heterocycles. The fourth-order valence-electron chi connectivity index (χ4n) is 3.00. The van der Waals surface area contributed by atoms with Crippen LogP contribution in [-0.2, 0) is 17.6 Å². The molecule has 1 fully saturated rings. The molecule has 2 aromatic heterocycles. The monoisotopic (exact) mass is 303 g/mol. The van der Waals surface area contributed by atoms with Crippen molar-refractivity contribution >= 4 is 17.2 Å². The maximum absolute atomic E-state index is 12.4. The largest absolute Gasteiger partial charge is 0.342 e. The number of H-pyrrole nitrogens is 1. The third-order valence-electron chi connectivity index (χ3n) is 4.20. The highest BCUT2D eigenvalue weighted by Crippen LogP contribution is 2.22. The van der Waals surface area contributed by atoms with E-state index in [9.17, 15) is 4.79 Å². The van der Waals surface area contributed by atoms with Crippen molar-refractivity contribution in [3.8, 4) is 0 Å². The summed E-state index contributed by atoms with van der Waals surface area (Å²) in [5, 5.41) is 9.20. The van der Waals surface area contributed by atoms with E-state index in [-0.39, 0.29) is 5.91 Å². The van der Waals surface area contributed by atoms with Gasteiger partial charge >= 0.3 is 0 Å². The van der Waals surface area contributed by atoms with Crippen LogP contribution in [0.25, 0.3) is 0 Å². The summed E-state index contributed by atoms with van der Waals surface area (Å²) >= 11 is 1.66. The number of thiophene rings is 1. The van der Waals surface area contributed by atoms with Gasteiger partial charge in [-0.15, -0.1) is 11.3 Å². The number of nitrogens with one attached hydrogen (secondary N) is 1. The smallest absolute Gasteiger partial charge is 0.227 e. The van der Waals surface area contributed by atoms with Crippen molar-refractivity contribution in [1.82, 2.24) is 15.1 Å². The van der Waals surface area contributed by atoms with Gasteiger partial charge in [0.2, 0.25) is 5.91 Å². The zero-order valence-electron chi connectivity index (χ0n) is 12.3. The molecule has 112 valence electrons. The van der Waals surface area contributed by atoms with Crippen molar-refractivity contribution in [2.75, 3.05) is 13.1 Å². The van der Waals surface area contributed by atoms with Gasteiger partial charge < -0.3 is 4.90 Å². The second kappa shape index (κ2) is 6.43. The molecule has 0 bridgehead atoms. The first kappa shape index (κ1) is 14.3. The normalized spacial score (nSPS) is 18.9. The number of piperidine rings is 1. The molecule has 3 rings (SSSR count). The van der Waals surface area contributed by atoms with Crippen LogP contribution in [0.2, 0.25) is 0 Å². The summed E-state index contributed by atoms with van der Waals surface area (Å²) in [5.41, 5.74) is 2.43. The van der Waals surface area contributed by atoms with Crippen LogP contribution >= 0.6 is 11.3 Å². The molecule has 0 spiro atoms. The topological polar surface area (TPSA) is 49.0 Å². The second-order valence-electron chi connectivity index (χ2n) is 5.84. The molecule has 1 atom stereocenters. The van der Waals surface area contributed by atoms with E-state index in [0.29, 0.717) is 12.3 Å². The minimum atomic E-state index is 0.267. The summed E-state index contributed by atoms with van der Waals surface area (Å²) in [4.78, 5) is 15.6. The number of aromatic amines is 1. The number of likely N-dealkylation sites (tertiary alicyclic amines) is 1. The number of hydrogen-bond donors (Lipinski definition) is 1.